The Morgan fingerprint density at radius 3 is 2.89 bits per heavy atom. The third kappa shape index (κ3) is 3.41. The molecule has 2 unspecified atom stereocenters. The predicted molar refractivity (Wildman–Crippen MR) is 77.3 cm³/mol. The molecular formula is C16H25NO. The number of rotatable bonds is 4. The number of ether oxygens (including phenoxy) is 1. The van der Waals surface area contributed by atoms with Gasteiger partial charge in [-0.25, -0.2) is 0 Å². The SMILES string of the molecule is COc1ccc(C)cc1NCC1CCCC(C)C1. The van der Waals surface area contributed by atoms with Gasteiger partial charge in [-0.05, 0) is 49.3 Å². The second kappa shape index (κ2) is 6.12. The van der Waals surface area contributed by atoms with Crippen LogP contribution in [0.2, 0.25) is 0 Å². The van der Waals surface area contributed by atoms with Gasteiger partial charge >= 0.3 is 0 Å². The maximum Gasteiger partial charge on any atom is 0.141 e. The smallest absolute Gasteiger partial charge is 0.141 e. The van der Waals surface area contributed by atoms with Crippen molar-refractivity contribution in [1.29, 1.82) is 0 Å². The van der Waals surface area contributed by atoms with E-state index in [0.29, 0.717) is 0 Å². The Morgan fingerprint density at radius 2 is 2.17 bits per heavy atom. The number of hydrogen-bond donors (Lipinski definition) is 1. The second-order valence-electron chi connectivity index (χ2n) is 5.72. The molecule has 0 heterocycles. The number of methoxy groups -OCH3 is 1. The zero-order valence-electron chi connectivity index (χ0n) is 11.8. The summed E-state index contributed by atoms with van der Waals surface area (Å²) in [6.45, 7) is 5.57. The fraction of sp³-hybridized carbons (Fsp3) is 0.625. The van der Waals surface area contributed by atoms with Crippen LogP contribution in [-0.4, -0.2) is 13.7 Å². The fourth-order valence-corrected chi connectivity index (χ4v) is 2.96. The molecule has 1 aromatic rings. The molecule has 2 rings (SSSR count). The first-order valence-corrected chi connectivity index (χ1v) is 7.07. The molecule has 2 nitrogen and oxygen atoms in total. The number of anilines is 1. The Balaban J connectivity index is 1.94. The first kappa shape index (κ1) is 13.3. The van der Waals surface area contributed by atoms with Crippen molar-refractivity contribution in [3.05, 3.63) is 23.8 Å². The molecule has 1 aliphatic carbocycles. The molecule has 1 saturated carbocycles. The lowest BCUT2D eigenvalue weighted by molar-refractivity contribution is 0.293. The van der Waals surface area contributed by atoms with Crippen LogP contribution in [0, 0.1) is 18.8 Å². The Bertz CT molecular complexity index is 389. The lowest BCUT2D eigenvalue weighted by atomic mass is 9.82. The van der Waals surface area contributed by atoms with Crippen molar-refractivity contribution in [3.8, 4) is 5.75 Å². The minimum absolute atomic E-state index is 0.818. The van der Waals surface area contributed by atoms with Crippen LogP contribution in [0.25, 0.3) is 0 Å². The summed E-state index contributed by atoms with van der Waals surface area (Å²) in [5.41, 5.74) is 2.41. The summed E-state index contributed by atoms with van der Waals surface area (Å²) >= 11 is 0. The molecule has 18 heavy (non-hydrogen) atoms. The summed E-state index contributed by atoms with van der Waals surface area (Å²) in [4.78, 5) is 0. The van der Waals surface area contributed by atoms with Gasteiger partial charge in [0.25, 0.3) is 0 Å². The van der Waals surface area contributed by atoms with Gasteiger partial charge in [0.15, 0.2) is 0 Å². The van der Waals surface area contributed by atoms with E-state index in [1.54, 1.807) is 7.11 Å². The third-order valence-electron chi connectivity index (χ3n) is 3.98. The van der Waals surface area contributed by atoms with E-state index < -0.39 is 0 Å². The first-order chi connectivity index (χ1) is 8.69. The molecule has 1 fully saturated rings. The van der Waals surface area contributed by atoms with Gasteiger partial charge in [-0.3, -0.25) is 0 Å². The molecule has 0 saturated heterocycles. The van der Waals surface area contributed by atoms with E-state index in [1.165, 1.54) is 31.2 Å². The van der Waals surface area contributed by atoms with Crippen molar-refractivity contribution in [3.63, 3.8) is 0 Å². The highest BCUT2D eigenvalue weighted by molar-refractivity contribution is 5.57. The monoisotopic (exact) mass is 247 g/mol. The molecule has 1 aliphatic rings. The van der Waals surface area contributed by atoms with Crippen LogP contribution >= 0.6 is 0 Å². The van der Waals surface area contributed by atoms with Gasteiger partial charge in [-0.15, -0.1) is 0 Å². The molecule has 0 spiro atoms. The molecule has 1 aromatic carbocycles. The maximum absolute atomic E-state index is 5.40. The molecule has 0 aromatic heterocycles. The first-order valence-electron chi connectivity index (χ1n) is 7.07. The Hall–Kier alpha value is -1.18. The molecular weight excluding hydrogens is 222 g/mol. The Kier molecular flexibility index (Phi) is 4.51. The zero-order valence-corrected chi connectivity index (χ0v) is 11.8. The van der Waals surface area contributed by atoms with Crippen molar-refractivity contribution in [2.45, 2.75) is 39.5 Å². The molecule has 0 aliphatic heterocycles. The van der Waals surface area contributed by atoms with Crippen LogP contribution in [-0.2, 0) is 0 Å². The topological polar surface area (TPSA) is 21.3 Å². The Morgan fingerprint density at radius 1 is 1.33 bits per heavy atom. The summed E-state index contributed by atoms with van der Waals surface area (Å²) in [6.07, 6.45) is 5.52. The number of aryl methyl sites for hydroxylation is 1. The van der Waals surface area contributed by atoms with Gasteiger partial charge in [0.05, 0.1) is 12.8 Å². The van der Waals surface area contributed by atoms with Crippen LogP contribution in [0.3, 0.4) is 0 Å². The van der Waals surface area contributed by atoms with Crippen LogP contribution in [0.4, 0.5) is 5.69 Å². The lowest BCUT2D eigenvalue weighted by Crippen LogP contribution is -2.21. The quantitative estimate of drug-likeness (QED) is 0.859. The van der Waals surface area contributed by atoms with E-state index in [1.807, 2.05) is 6.07 Å². The van der Waals surface area contributed by atoms with Crippen molar-refractivity contribution in [1.82, 2.24) is 0 Å². The zero-order chi connectivity index (χ0) is 13.0. The van der Waals surface area contributed by atoms with Crippen LogP contribution in [0.5, 0.6) is 5.75 Å². The molecule has 0 radical (unpaired) electrons. The van der Waals surface area contributed by atoms with Gasteiger partial charge < -0.3 is 10.1 Å². The molecule has 2 heteroatoms. The standard InChI is InChI=1S/C16H25NO/c1-12-5-4-6-14(9-12)11-17-15-10-13(2)7-8-16(15)18-3/h7-8,10,12,14,17H,4-6,9,11H2,1-3H3. The fourth-order valence-electron chi connectivity index (χ4n) is 2.96. The summed E-state index contributed by atoms with van der Waals surface area (Å²) in [5.74, 6) is 2.66. The molecule has 0 amide bonds. The van der Waals surface area contributed by atoms with E-state index >= 15 is 0 Å². The molecule has 2 atom stereocenters. The third-order valence-corrected chi connectivity index (χ3v) is 3.98. The minimum Gasteiger partial charge on any atom is -0.495 e. The number of benzene rings is 1. The summed E-state index contributed by atoms with van der Waals surface area (Å²) in [6, 6.07) is 6.30. The summed E-state index contributed by atoms with van der Waals surface area (Å²) in [5, 5.41) is 3.57. The average Bonchev–Trinajstić information content (AvgIpc) is 2.37. The number of nitrogens with one attached hydrogen (secondary N) is 1. The Labute approximate surface area is 111 Å². The van der Waals surface area contributed by atoms with Crippen molar-refractivity contribution in [2.24, 2.45) is 11.8 Å². The number of hydrogen-bond acceptors (Lipinski definition) is 2. The van der Waals surface area contributed by atoms with E-state index in [4.69, 9.17) is 4.74 Å². The molecule has 1 N–H and O–H groups in total. The van der Waals surface area contributed by atoms with Gasteiger partial charge in [0.1, 0.15) is 5.75 Å². The van der Waals surface area contributed by atoms with Crippen LogP contribution in [0.15, 0.2) is 18.2 Å². The van der Waals surface area contributed by atoms with Gasteiger partial charge in [-0.1, -0.05) is 25.8 Å². The van der Waals surface area contributed by atoms with Gasteiger partial charge in [0, 0.05) is 6.54 Å². The van der Waals surface area contributed by atoms with Crippen LogP contribution < -0.4 is 10.1 Å². The highest BCUT2D eigenvalue weighted by Crippen LogP contribution is 2.30. The van der Waals surface area contributed by atoms with Crippen molar-refractivity contribution < 1.29 is 4.74 Å². The summed E-state index contributed by atoms with van der Waals surface area (Å²) in [7, 11) is 1.73. The normalized spacial score (nSPS) is 23.7. The van der Waals surface area contributed by atoms with E-state index in [-0.39, 0.29) is 0 Å². The lowest BCUT2D eigenvalue weighted by Gasteiger charge is -2.27. The minimum atomic E-state index is 0.818. The largest absolute Gasteiger partial charge is 0.495 e. The second-order valence-corrected chi connectivity index (χ2v) is 5.72. The molecule has 100 valence electrons. The molecule has 0 bridgehead atoms. The van der Waals surface area contributed by atoms with Crippen molar-refractivity contribution in [2.75, 3.05) is 19.0 Å². The highest BCUT2D eigenvalue weighted by Gasteiger charge is 2.18. The highest BCUT2D eigenvalue weighted by atomic mass is 16.5. The average molecular weight is 247 g/mol. The maximum atomic E-state index is 5.40. The van der Waals surface area contributed by atoms with Gasteiger partial charge in [0.2, 0.25) is 0 Å². The van der Waals surface area contributed by atoms with E-state index in [0.717, 1.165) is 29.8 Å². The van der Waals surface area contributed by atoms with E-state index in [9.17, 15) is 0 Å². The van der Waals surface area contributed by atoms with Crippen molar-refractivity contribution >= 4 is 5.69 Å². The summed E-state index contributed by atoms with van der Waals surface area (Å²) < 4.78 is 5.40. The van der Waals surface area contributed by atoms with Gasteiger partial charge in [-0.2, -0.15) is 0 Å². The van der Waals surface area contributed by atoms with Crippen LogP contribution in [0.1, 0.15) is 38.2 Å². The predicted octanol–water partition coefficient (Wildman–Crippen LogP) is 4.24. The van der Waals surface area contributed by atoms with E-state index in [2.05, 4.69) is 31.3 Å².